The van der Waals surface area contributed by atoms with E-state index < -0.39 is 113 Å². The minimum absolute atomic E-state index is 0.106. The molecule has 0 spiro atoms. The van der Waals surface area contributed by atoms with Gasteiger partial charge in [0, 0.05) is 22.3 Å². The van der Waals surface area contributed by atoms with E-state index >= 15 is 52.7 Å². The molecule has 0 aliphatic rings. The summed E-state index contributed by atoms with van der Waals surface area (Å²) < 4.78 is 197. The SMILES string of the molecule is CC(C)(C)c1cc(-c2ccccc2-c2c(-c3ccccc3C(F)(F)F)c(C(F)(F)F)c(-c3ccccc3-c3cc(C(C)(C)C)cc(C(C)(C)C)c3)c(-c3ccccc3C(F)(F)F)c2C(F)(F)F)cc(C(C)(C)C)c1. The third-order valence-electron chi connectivity index (χ3n) is 13.4. The first-order valence-electron chi connectivity index (χ1n) is 24.0. The lowest BCUT2D eigenvalue weighted by Gasteiger charge is -2.32. The zero-order chi connectivity index (χ0) is 55.1. The van der Waals surface area contributed by atoms with Crippen molar-refractivity contribution in [2.24, 2.45) is 0 Å². The van der Waals surface area contributed by atoms with Crippen molar-refractivity contribution >= 4 is 0 Å². The second-order valence-corrected chi connectivity index (χ2v) is 23.0. The smallest absolute Gasteiger partial charge is 0.166 e. The topological polar surface area (TPSA) is 0 Å². The molecular weight excluding hydrogens is 973 g/mol. The lowest BCUT2D eigenvalue weighted by molar-refractivity contribution is -0.140. The van der Waals surface area contributed by atoms with Gasteiger partial charge in [0.15, 0.2) is 0 Å². The van der Waals surface area contributed by atoms with Crippen molar-refractivity contribution < 1.29 is 52.7 Å². The Bertz CT molecular complexity index is 2960. The molecule has 390 valence electrons. The Kier molecular flexibility index (Phi) is 14.1. The number of alkyl halides is 12. The van der Waals surface area contributed by atoms with Crippen LogP contribution in [-0.2, 0) is 46.4 Å². The number of halogens is 12. The summed E-state index contributed by atoms with van der Waals surface area (Å²) in [7, 11) is 0. The van der Waals surface area contributed by atoms with Crippen molar-refractivity contribution in [2.45, 2.75) is 129 Å². The highest BCUT2D eigenvalue weighted by molar-refractivity contribution is 6.07. The highest BCUT2D eigenvalue weighted by atomic mass is 19.4. The van der Waals surface area contributed by atoms with Gasteiger partial charge in [-0.05, 0) is 101 Å². The lowest BCUT2D eigenvalue weighted by Crippen LogP contribution is -2.21. The highest BCUT2D eigenvalue weighted by Crippen LogP contribution is 2.61. The largest absolute Gasteiger partial charge is 0.417 e. The summed E-state index contributed by atoms with van der Waals surface area (Å²) in [6, 6.07) is 26.8. The van der Waals surface area contributed by atoms with Crippen LogP contribution in [0.25, 0.3) is 66.8 Å². The maximum Gasteiger partial charge on any atom is 0.417 e. The molecule has 7 aromatic rings. The Morgan fingerprint density at radius 2 is 0.459 bits per heavy atom. The zero-order valence-electron chi connectivity index (χ0n) is 43.2. The molecule has 0 radical (unpaired) electrons. The van der Waals surface area contributed by atoms with Crippen LogP contribution < -0.4 is 0 Å². The average molecular weight is 1030 g/mol. The molecule has 0 aliphatic carbocycles. The Hall–Kier alpha value is -6.30. The molecular formula is C62H58F12. The average Bonchev–Trinajstić information content (AvgIpc) is 3.28. The molecule has 0 atom stereocenters. The summed E-state index contributed by atoms with van der Waals surface area (Å²) in [5.74, 6) is 0. The third kappa shape index (κ3) is 11.1. The molecule has 0 saturated heterocycles. The van der Waals surface area contributed by atoms with Crippen molar-refractivity contribution in [1.29, 1.82) is 0 Å². The first-order valence-corrected chi connectivity index (χ1v) is 24.0. The fraction of sp³-hybridized carbons (Fsp3) is 0.323. The second-order valence-electron chi connectivity index (χ2n) is 23.0. The van der Waals surface area contributed by atoms with Crippen LogP contribution in [0.5, 0.6) is 0 Å². The van der Waals surface area contributed by atoms with E-state index in [-0.39, 0.29) is 22.3 Å². The maximum atomic E-state index is 17.2. The van der Waals surface area contributed by atoms with Crippen molar-refractivity contribution in [3.63, 3.8) is 0 Å². The second kappa shape index (κ2) is 18.8. The molecule has 7 aromatic carbocycles. The first-order chi connectivity index (χ1) is 33.8. The third-order valence-corrected chi connectivity index (χ3v) is 13.4. The predicted octanol–water partition coefficient (Wildman–Crippen LogP) is 21.0. The van der Waals surface area contributed by atoms with Crippen molar-refractivity contribution in [3.05, 3.63) is 178 Å². The van der Waals surface area contributed by atoms with Gasteiger partial charge in [-0.3, -0.25) is 0 Å². The number of benzene rings is 7. The van der Waals surface area contributed by atoms with E-state index in [1.165, 1.54) is 36.4 Å². The van der Waals surface area contributed by atoms with Gasteiger partial charge in [0.1, 0.15) is 0 Å². The van der Waals surface area contributed by atoms with Crippen molar-refractivity contribution in [3.8, 4) is 66.8 Å². The van der Waals surface area contributed by atoms with E-state index in [4.69, 9.17) is 0 Å². The van der Waals surface area contributed by atoms with Gasteiger partial charge in [-0.2, -0.15) is 52.7 Å². The van der Waals surface area contributed by atoms with Gasteiger partial charge in [0.2, 0.25) is 0 Å². The van der Waals surface area contributed by atoms with E-state index in [1.54, 1.807) is 24.3 Å². The Morgan fingerprint density at radius 3 is 0.689 bits per heavy atom. The monoisotopic (exact) mass is 1030 g/mol. The fourth-order valence-electron chi connectivity index (χ4n) is 9.49. The van der Waals surface area contributed by atoms with Crippen LogP contribution >= 0.6 is 0 Å². The quantitative estimate of drug-likeness (QED) is 0.146. The summed E-state index contributed by atoms with van der Waals surface area (Å²) in [4.78, 5) is 0. The highest BCUT2D eigenvalue weighted by Gasteiger charge is 2.50. The molecule has 0 aliphatic heterocycles. The Balaban J connectivity index is 1.90. The molecule has 74 heavy (non-hydrogen) atoms. The number of hydrogen-bond acceptors (Lipinski definition) is 0. The van der Waals surface area contributed by atoms with Crippen LogP contribution in [-0.4, -0.2) is 0 Å². The number of hydrogen-bond donors (Lipinski definition) is 0. The summed E-state index contributed by atoms with van der Waals surface area (Å²) in [6.07, 6.45) is -22.6. The van der Waals surface area contributed by atoms with Crippen LogP contribution in [0.3, 0.4) is 0 Å². The van der Waals surface area contributed by atoms with Gasteiger partial charge in [0.05, 0.1) is 22.3 Å². The van der Waals surface area contributed by atoms with E-state index in [2.05, 4.69) is 0 Å². The lowest BCUT2D eigenvalue weighted by atomic mass is 9.73. The minimum Gasteiger partial charge on any atom is -0.166 e. The first kappa shape index (κ1) is 55.5. The summed E-state index contributed by atoms with van der Waals surface area (Å²) in [5.41, 5.74) is -16.3. The fourth-order valence-corrected chi connectivity index (χ4v) is 9.49. The molecule has 0 aromatic heterocycles. The van der Waals surface area contributed by atoms with E-state index in [1.807, 2.05) is 95.2 Å². The van der Waals surface area contributed by atoms with Gasteiger partial charge in [-0.25, -0.2) is 0 Å². The van der Waals surface area contributed by atoms with Gasteiger partial charge >= 0.3 is 24.7 Å². The molecule has 0 heterocycles. The van der Waals surface area contributed by atoms with Crippen LogP contribution in [0.15, 0.2) is 133 Å². The zero-order valence-corrected chi connectivity index (χ0v) is 43.2. The molecule has 7 rings (SSSR count). The van der Waals surface area contributed by atoms with Crippen LogP contribution in [0.2, 0.25) is 0 Å². The molecule has 0 amide bonds. The van der Waals surface area contributed by atoms with Gasteiger partial charge in [-0.15, -0.1) is 0 Å². The van der Waals surface area contributed by atoms with Crippen LogP contribution in [0, 0.1) is 0 Å². The predicted molar refractivity (Wildman–Crippen MR) is 274 cm³/mol. The van der Waals surface area contributed by atoms with Crippen LogP contribution in [0.4, 0.5) is 52.7 Å². The van der Waals surface area contributed by atoms with Gasteiger partial charge < -0.3 is 0 Å². The standard InChI is InChI=1S/C62H58F12/c1-55(2,3)37-29-35(30-38(33-37)56(4,5)6)41-21-13-15-23-43(41)49-51(45-25-17-19-27-47(45)59(63,64)65)54(62(72,73)74)50(52(53(49)61(69,70)71)46-26-18-20-28-48(46)60(66,67)68)44-24-16-14-22-42(44)36-31-39(57(7,8)9)34-40(32-36)58(10,11)12/h13-34H,1-12H3. The van der Waals surface area contributed by atoms with E-state index in [9.17, 15) is 0 Å². The number of rotatable bonds is 6. The molecule has 0 saturated carbocycles. The maximum absolute atomic E-state index is 17.2. The van der Waals surface area contributed by atoms with E-state index in [0.29, 0.717) is 46.5 Å². The molecule has 0 fully saturated rings. The molecule has 0 unspecified atom stereocenters. The van der Waals surface area contributed by atoms with Gasteiger partial charge in [0.25, 0.3) is 0 Å². The van der Waals surface area contributed by atoms with Crippen molar-refractivity contribution in [1.82, 2.24) is 0 Å². The minimum atomic E-state index is -5.86. The summed E-state index contributed by atoms with van der Waals surface area (Å²) in [5, 5.41) is 0. The summed E-state index contributed by atoms with van der Waals surface area (Å²) >= 11 is 0. The Morgan fingerprint density at radius 1 is 0.243 bits per heavy atom. The normalized spacial score (nSPS) is 13.4. The molecule has 0 bridgehead atoms. The summed E-state index contributed by atoms with van der Waals surface area (Å²) in [6.45, 7) is 22.6. The molecule has 12 heteroatoms. The molecule has 0 nitrogen and oxygen atoms in total. The molecule has 0 N–H and O–H groups in total. The van der Waals surface area contributed by atoms with Crippen molar-refractivity contribution in [2.75, 3.05) is 0 Å². The van der Waals surface area contributed by atoms with Gasteiger partial charge in [-0.1, -0.05) is 204 Å². The Labute approximate surface area is 425 Å². The van der Waals surface area contributed by atoms with Crippen LogP contribution in [0.1, 0.15) is 128 Å². The van der Waals surface area contributed by atoms with E-state index in [0.717, 1.165) is 36.4 Å².